The van der Waals surface area contributed by atoms with Gasteiger partial charge in [0.2, 0.25) is 0 Å². The Kier molecular flexibility index (Phi) is 4.64. The Morgan fingerprint density at radius 2 is 1.55 bits per heavy atom. The van der Waals surface area contributed by atoms with Crippen molar-refractivity contribution in [3.05, 3.63) is 106 Å². The normalized spacial score (nSPS) is 11.0. The molecular weight excluding hydrogens is 380 g/mol. The molecule has 0 saturated heterocycles. The lowest BCUT2D eigenvalue weighted by Crippen LogP contribution is -2.20. The SMILES string of the molecule is O=C(Cn1c(=O)oc2cc(C(=O)c3c(F)cccc3F)ccc21)c1ccccc1. The molecule has 4 rings (SSSR count). The number of hydrogen-bond acceptors (Lipinski definition) is 4. The van der Waals surface area contributed by atoms with E-state index in [2.05, 4.69) is 0 Å². The molecule has 0 fully saturated rings. The molecule has 4 aromatic rings. The number of ketones is 2. The molecule has 1 aromatic heterocycles. The van der Waals surface area contributed by atoms with Crippen LogP contribution in [-0.4, -0.2) is 16.1 Å². The molecule has 0 aliphatic carbocycles. The van der Waals surface area contributed by atoms with Crippen molar-refractivity contribution in [1.82, 2.24) is 4.57 Å². The van der Waals surface area contributed by atoms with Gasteiger partial charge >= 0.3 is 5.76 Å². The quantitative estimate of drug-likeness (QED) is 0.481. The summed E-state index contributed by atoms with van der Waals surface area (Å²) in [5.41, 5.74) is 0.0449. The van der Waals surface area contributed by atoms with E-state index in [4.69, 9.17) is 4.42 Å². The molecule has 5 nitrogen and oxygen atoms in total. The highest BCUT2D eigenvalue weighted by Gasteiger charge is 2.21. The van der Waals surface area contributed by atoms with E-state index in [9.17, 15) is 23.2 Å². The van der Waals surface area contributed by atoms with Gasteiger partial charge in [-0.05, 0) is 30.3 Å². The van der Waals surface area contributed by atoms with Gasteiger partial charge in [0.05, 0.1) is 17.6 Å². The number of hydrogen-bond donors (Lipinski definition) is 0. The maximum atomic E-state index is 13.9. The highest BCUT2D eigenvalue weighted by Crippen LogP contribution is 2.21. The van der Waals surface area contributed by atoms with E-state index in [0.29, 0.717) is 11.1 Å². The fourth-order valence-corrected chi connectivity index (χ4v) is 3.08. The zero-order chi connectivity index (χ0) is 20.5. The van der Waals surface area contributed by atoms with E-state index < -0.39 is 28.7 Å². The van der Waals surface area contributed by atoms with E-state index in [-0.39, 0.29) is 23.5 Å². The van der Waals surface area contributed by atoms with Crippen LogP contribution in [0.25, 0.3) is 11.1 Å². The molecule has 3 aromatic carbocycles. The Hall–Kier alpha value is -3.87. The predicted molar refractivity (Wildman–Crippen MR) is 101 cm³/mol. The molecule has 29 heavy (non-hydrogen) atoms. The summed E-state index contributed by atoms with van der Waals surface area (Å²) in [7, 11) is 0. The van der Waals surface area contributed by atoms with Gasteiger partial charge in [-0.1, -0.05) is 36.4 Å². The fourth-order valence-electron chi connectivity index (χ4n) is 3.08. The van der Waals surface area contributed by atoms with Crippen LogP contribution in [0.3, 0.4) is 0 Å². The number of carbonyl (C=O) groups is 2. The van der Waals surface area contributed by atoms with Gasteiger partial charge in [0, 0.05) is 11.1 Å². The van der Waals surface area contributed by atoms with Crippen molar-refractivity contribution in [3.8, 4) is 0 Å². The molecule has 0 aliphatic heterocycles. The molecule has 0 radical (unpaired) electrons. The van der Waals surface area contributed by atoms with E-state index in [1.165, 1.54) is 18.2 Å². The van der Waals surface area contributed by atoms with Crippen molar-refractivity contribution in [2.45, 2.75) is 6.54 Å². The van der Waals surface area contributed by atoms with Gasteiger partial charge in [-0.25, -0.2) is 13.6 Å². The van der Waals surface area contributed by atoms with Crippen molar-refractivity contribution >= 4 is 22.7 Å². The summed E-state index contributed by atoms with van der Waals surface area (Å²) in [6.07, 6.45) is 0. The van der Waals surface area contributed by atoms with Gasteiger partial charge in [-0.2, -0.15) is 0 Å². The average molecular weight is 393 g/mol. The van der Waals surface area contributed by atoms with E-state index in [1.807, 2.05) is 0 Å². The molecule has 7 heteroatoms. The minimum Gasteiger partial charge on any atom is -0.408 e. The van der Waals surface area contributed by atoms with Gasteiger partial charge in [0.15, 0.2) is 17.1 Å². The summed E-state index contributed by atoms with van der Waals surface area (Å²) >= 11 is 0. The summed E-state index contributed by atoms with van der Waals surface area (Å²) in [5.74, 6) is -3.90. The average Bonchev–Trinajstić information content (AvgIpc) is 3.02. The zero-order valence-corrected chi connectivity index (χ0v) is 14.9. The first-order valence-electron chi connectivity index (χ1n) is 8.66. The first-order valence-corrected chi connectivity index (χ1v) is 8.66. The van der Waals surface area contributed by atoms with Crippen LogP contribution in [0.5, 0.6) is 0 Å². The zero-order valence-electron chi connectivity index (χ0n) is 14.9. The van der Waals surface area contributed by atoms with Gasteiger partial charge in [-0.15, -0.1) is 0 Å². The molecule has 0 unspecified atom stereocenters. The Labute approximate surface area is 162 Å². The van der Waals surface area contributed by atoms with Crippen LogP contribution in [0.1, 0.15) is 26.3 Å². The summed E-state index contributed by atoms with van der Waals surface area (Å²) < 4.78 is 34.1. The molecule has 0 aliphatic rings. The molecule has 0 atom stereocenters. The second-order valence-corrected chi connectivity index (χ2v) is 6.35. The number of Topliss-reactive ketones (excluding diaryl/α,β-unsaturated/α-hetero) is 1. The van der Waals surface area contributed by atoms with Crippen molar-refractivity contribution in [3.63, 3.8) is 0 Å². The van der Waals surface area contributed by atoms with Crippen LogP contribution in [-0.2, 0) is 6.54 Å². The van der Waals surface area contributed by atoms with Gasteiger partial charge in [0.1, 0.15) is 11.6 Å². The molecule has 0 saturated carbocycles. The summed E-state index contributed by atoms with van der Waals surface area (Å²) in [6.45, 7) is -0.245. The lowest BCUT2D eigenvalue weighted by atomic mass is 10.0. The lowest BCUT2D eigenvalue weighted by Gasteiger charge is -2.05. The van der Waals surface area contributed by atoms with Crippen LogP contribution in [0.15, 0.2) is 75.9 Å². The van der Waals surface area contributed by atoms with Crippen LogP contribution in [0.2, 0.25) is 0 Å². The monoisotopic (exact) mass is 393 g/mol. The first-order chi connectivity index (χ1) is 14.0. The molecule has 144 valence electrons. The number of fused-ring (bicyclic) bond motifs is 1. The van der Waals surface area contributed by atoms with E-state index in [0.717, 1.165) is 22.8 Å². The number of rotatable bonds is 5. The molecule has 1 heterocycles. The minimum atomic E-state index is -0.984. The summed E-state index contributed by atoms with van der Waals surface area (Å²) in [6, 6.07) is 15.6. The largest absolute Gasteiger partial charge is 0.420 e. The summed E-state index contributed by atoms with van der Waals surface area (Å²) in [4.78, 5) is 37.1. The maximum Gasteiger partial charge on any atom is 0.420 e. The third-order valence-corrected chi connectivity index (χ3v) is 4.52. The molecule has 0 bridgehead atoms. The van der Waals surface area contributed by atoms with Crippen molar-refractivity contribution in [1.29, 1.82) is 0 Å². The number of aromatic nitrogens is 1. The highest BCUT2D eigenvalue weighted by atomic mass is 19.1. The van der Waals surface area contributed by atoms with Crippen LogP contribution in [0, 0.1) is 11.6 Å². The minimum absolute atomic E-state index is 0.0402. The highest BCUT2D eigenvalue weighted by molar-refractivity contribution is 6.10. The maximum absolute atomic E-state index is 13.9. The molecule has 0 amide bonds. The van der Waals surface area contributed by atoms with Gasteiger partial charge < -0.3 is 4.42 Å². The smallest absolute Gasteiger partial charge is 0.408 e. The topological polar surface area (TPSA) is 69.3 Å². The number of nitrogens with zero attached hydrogens (tertiary/aromatic N) is 1. The number of carbonyl (C=O) groups excluding carboxylic acids is 2. The summed E-state index contributed by atoms with van der Waals surface area (Å²) in [5, 5.41) is 0. The van der Waals surface area contributed by atoms with Crippen LogP contribution in [0.4, 0.5) is 8.78 Å². The van der Waals surface area contributed by atoms with Crippen molar-refractivity contribution in [2.75, 3.05) is 0 Å². The van der Waals surface area contributed by atoms with Gasteiger partial charge in [0.25, 0.3) is 0 Å². The van der Waals surface area contributed by atoms with Crippen molar-refractivity contribution < 1.29 is 22.8 Å². The third kappa shape index (κ3) is 3.38. The predicted octanol–water partition coefficient (Wildman–Crippen LogP) is 3.99. The third-order valence-electron chi connectivity index (χ3n) is 4.52. The second kappa shape index (κ2) is 7.27. The Bertz CT molecular complexity index is 1290. The van der Waals surface area contributed by atoms with Crippen LogP contribution >= 0.6 is 0 Å². The molecular formula is C22H13F2NO4. The standard InChI is InChI=1S/C22H13F2NO4/c23-15-7-4-8-16(24)20(15)21(27)14-9-10-17-19(11-14)29-22(28)25(17)12-18(26)13-5-2-1-3-6-13/h1-11H,12H2. The number of halogens is 2. The Balaban J connectivity index is 1.71. The number of benzene rings is 3. The molecule has 0 spiro atoms. The van der Waals surface area contributed by atoms with Crippen molar-refractivity contribution in [2.24, 2.45) is 0 Å². The molecule has 0 N–H and O–H groups in total. The fraction of sp³-hybridized carbons (Fsp3) is 0.0455. The lowest BCUT2D eigenvalue weighted by molar-refractivity contribution is 0.0969. The van der Waals surface area contributed by atoms with E-state index >= 15 is 0 Å². The second-order valence-electron chi connectivity index (χ2n) is 6.35. The Morgan fingerprint density at radius 1 is 0.862 bits per heavy atom. The van der Waals surface area contributed by atoms with Gasteiger partial charge in [-0.3, -0.25) is 14.2 Å². The Morgan fingerprint density at radius 3 is 2.24 bits per heavy atom. The van der Waals surface area contributed by atoms with E-state index in [1.54, 1.807) is 30.3 Å². The van der Waals surface area contributed by atoms with Crippen LogP contribution < -0.4 is 5.76 Å². The first kappa shape index (κ1) is 18.5. The number of oxazole rings is 1.